The van der Waals surface area contributed by atoms with Gasteiger partial charge in [-0.2, -0.15) is 10.5 Å². The van der Waals surface area contributed by atoms with Crippen molar-refractivity contribution < 1.29 is 4.74 Å². The third-order valence-corrected chi connectivity index (χ3v) is 3.39. The lowest BCUT2D eigenvalue weighted by Crippen LogP contribution is -2.04. The second-order valence-electron chi connectivity index (χ2n) is 2.16. The molecule has 0 aromatic heterocycles. The molecule has 1 unspecified atom stereocenters. The largest absolute Gasteiger partial charge is 0.497 e. The van der Waals surface area contributed by atoms with Crippen molar-refractivity contribution >= 4 is 16.4 Å². The van der Waals surface area contributed by atoms with Crippen LogP contribution in [0.5, 0.6) is 0 Å². The fraction of sp³-hybridized carbons (Fsp3) is 0.571. The molecule has 1 heterocycles. The van der Waals surface area contributed by atoms with Crippen LogP contribution in [0.25, 0.3) is 0 Å². The molecule has 0 aliphatic carbocycles. The van der Waals surface area contributed by atoms with Crippen molar-refractivity contribution in [1.29, 1.82) is 0 Å². The molecular weight excluding hydrogens is 132 g/mol. The van der Waals surface area contributed by atoms with Crippen molar-refractivity contribution in [2.24, 2.45) is 0 Å². The Labute approximate surface area is 58.6 Å². The third-order valence-electron chi connectivity index (χ3n) is 1.58. The Bertz CT molecular complexity index is 170. The van der Waals surface area contributed by atoms with Crippen LogP contribution in [0.2, 0.25) is 0 Å². The predicted molar refractivity (Wildman–Crippen MR) is 43.9 cm³/mol. The first kappa shape index (κ1) is 6.87. The minimum absolute atomic E-state index is 0.240. The van der Waals surface area contributed by atoms with Gasteiger partial charge in [-0.3, -0.25) is 0 Å². The van der Waals surface area contributed by atoms with Crippen LogP contribution >= 0.6 is 10.5 Å². The van der Waals surface area contributed by atoms with Gasteiger partial charge in [0.25, 0.3) is 0 Å². The average molecular weight is 144 g/mol. The molecule has 0 saturated carbocycles. The molecule has 1 aliphatic rings. The zero-order valence-corrected chi connectivity index (χ0v) is 6.75. The summed E-state index contributed by atoms with van der Waals surface area (Å²) in [6.07, 6.45) is 0. The molecule has 0 radical (unpaired) electrons. The quantitative estimate of drug-likeness (QED) is 0.472. The highest BCUT2D eigenvalue weighted by molar-refractivity contribution is 8.17. The molecule has 0 aromatic carbocycles. The molecule has 52 valence electrons. The third kappa shape index (κ3) is 1.36. The maximum Gasteiger partial charge on any atom is 0.102 e. The lowest BCUT2D eigenvalue weighted by atomic mass is 10.5. The maximum atomic E-state index is 5.31. The van der Waals surface area contributed by atoms with Crippen LogP contribution in [-0.2, 0) is 4.74 Å². The minimum Gasteiger partial charge on any atom is -0.497 e. The molecule has 2 heteroatoms. The summed E-state index contributed by atoms with van der Waals surface area (Å²) in [6, 6.07) is 0. The van der Waals surface area contributed by atoms with E-state index in [0.29, 0.717) is 0 Å². The van der Waals surface area contributed by atoms with Crippen LogP contribution in [0.3, 0.4) is 0 Å². The number of rotatable bonds is 0. The van der Waals surface area contributed by atoms with E-state index in [-0.39, 0.29) is 10.5 Å². The Morgan fingerprint density at radius 1 is 1.56 bits per heavy atom. The maximum absolute atomic E-state index is 5.31. The van der Waals surface area contributed by atoms with Gasteiger partial charge in [0.15, 0.2) is 0 Å². The Kier molecular flexibility index (Phi) is 1.96. The van der Waals surface area contributed by atoms with E-state index in [4.69, 9.17) is 4.74 Å². The van der Waals surface area contributed by atoms with Gasteiger partial charge >= 0.3 is 0 Å². The highest BCUT2D eigenvalue weighted by Crippen LogP contribution is 2.29. The van der Waals surface area contributed by atoms with Crippen LogP contribution in [0, 0.1) is 0 Å². The van der Waals surface area contributed by atoms with Crippen molar-refractivity contribution in [2.75, 3.05) is 12.4 Å². The molecule has 1 aliphatic heterocycles. The Hall–Kier alpha value is -0.240. The van der Waals surface area contributed by atoms with Crippen LogP contribution in [0.4, 0.5) is 0 Å². The zero-order chi connectivity index (χ0) is 6.85. The Morgan fingerprint density at radius 2 is 2.22 bits per heavy atom. The summed E-state index contributed by atoms with van der Waals surface area (Å²) in [5, 5.41) is 0. The molecule has 1 nitrogen and oxygen atoms in total. The second-order valence-corrected chi connectivity index (χ2v) is 4.16. The Balaban J connectivity index is 2.84. The summed E-state index contributed by atoms with van der Waals surface area (Å²) in [5.41, 5.74) is 0. The first-order chi connectivity index (χ1) is 4.22. The lowest BCUT2D eigenvalue weighted by molar-refractivity contribution is 0.229. The van der Waals surface area contributed by atoms with Crippen LogP contribution in [0.15, 0.2) is 10.7 Å². The van der Waals surface area contributed by atoms with Gasteiger partial charge in [0, 0.05) is 10.7 Å². The highest BCUT2D eigenvalue weighted by atomic mass is 32.2. The molecule has 1 atom stereocenters. The summed E-state index contributed by atoms with van der Waals surface area (Å²) >= 11 is 0. The normalized spacial score (nSPS) is 28.0. The van der Waals surface area contributed by atoms with Gasteiger partial charge in [-0.1, -0.05) is 5.87 Å². The van der Waals surface area contributed by atoms with E-state index in [1.54, 1.807) is 0 Å². The standard InChI is InChI=1S/C7H12OS/c1-6-7(2)9(3)5-4-8-6/h3-5H2,1-2H3. The minimum atomic E-state index is 0.240. The highest BCUT2D eigenvalue weighted by Gasteiger charge is 2.07. The number of hydrogen-bond acceptors (Lipinski definition) is 1. The van der Waals surface area contributed by atoms with Gasteiger partial charge in [0.05, 0.1) is 6.61 Å². The smallest absolute Gasteiger partial charge is 0.102 e. The van der Waals surface area contributed by atoms with E-state index in [0.717, 1.165) is 18.1 Å². The van der Waals surface area contributed by atoms with Crippen molar-refractivity contribution in [3.63, 3.8) is 0 Å². The van der Waals surface area contributed by atoms with Crippen molar-refractivity contribution in [3.8, 4) is 0 Å². The van der Waals surface area contributed by atoms with Crippen LogP contribution in [-0.4, -0.2) is 18.2 Å². The predicted octanol–water partition coefficient (Wildman–Crippen LogP) is 1.97. The van der Waals surface area contributed by atoms with Gasteiger partial charge in [0.2, 0.25) is 0 Å². The van der Waals surface area contributed by atoms with E-state index < -0.39 is 0 Å². The van der Waals surface area contributed by atoms with E-state index >= 15 is 0 Å². The summed E-state index contributed by atoms with van der Waals surface area (Å²) in [4.78, 5) is 1.33. The first-order valence-corrected chi connectivity index (χ1v) is 4.59. The summed E-state index contributed by atoms with van der Waals surface area (Å²) in [7, 11) is 0.240. The number of hydrogen-bond donors (Lipinski definition) is 0. The van der Waals surface area contributed by atoms with Gasteiger partial charge in [-0.25, -0.2) is 0 Å². The fourth-order valence-electron chi connectivity index (χ4n) is 0.753. The summed E-state index contributed by atoms with van der Waals surface area (Å²) in [6.45, 7) is 4.97. The fourth-order valence-corrected chi connectivity index (χ4v) is 1.81. The molecule has 0 spiro atoms. The van der Waals surface area contributed by atoms with E-state index in [1.165, 1.54) is 4.91 Å². The lowest BCUT2D eigenvalue weighted by Gasteiger charge is -2.18. The van der Waals surface area contributed by atoms with Gasteiger partial charge in [0.1, 0.15) is 5.76 Å². The van der Waals surface area contributed by atoms with Crippen LogP contribution < -0.4 is 0 Å². The Morgan fingerprint density at radius 3 is 2.67 bits per heavy atom. The van der Waals surface area contributed by atoms with Crippen LogP contribution in [0.1, 0.15) is 13.8 Å². The van der Waals surface area contributed by atoms with E-state index in [2.05, 4.69) is 12.8 Å². The molecule has 0 bridgehead atoms. The summed E-state index contributed by atoms with van der Waals surface area (Å²) < 4.78 is 5.31. The molecule has 0 aromatic rings. The average Bonchev–Trinajstić information content (AvgIpc) is 1.83. The SMILES string of the molecule is C=S1CCOC(C)=C1C. The molecule has 9 heavy (non-hydrogen) atoms. The molecular formula is C7H12OS. The number of ether oxygens (including phenoxy) is 1. The first-order valence-electron chi connectivity index (χ1n) is 3.02. The van der Waals surface area contributed by atoms with Crippen molar-refractivity contribution in [3.05, 3.63) is 10.7 Å². The van der Waals surface area contributed by atoms with Crippen molar-refractivity contribution in [1.82, 2.24) is 0 Å². The summed E-state index contributed by atoms with van der Waals surface area (Å²) in [5.74, 6) is 6.20. The topological polar surface area (TPSA) is 9.23 Å². The second kappa shape index (κ2) is 2.56. The molecule has 0 fully saturated rings. The van der Waals surface area contributed by atoms with E-state index in [1.807, 2.05) is 6.92 Å². The molecule has 0 N–H and O–H groups in total. The molecule has 0 amide bonds. The van der Waals surface area contributed by atoms with Crippen molar-refractivity contribution in [2.45, 2.75) is 13.8 Å². The zero-order valence-electron chi connectivity index (χ0n) is 5.94. The van der Waals surface area contributed by atoms with E-state index in [9.17, 15) is 0 Å². The monoisotopic (exact) mass is 144 g/mol. The van der Waals surface area contributed by atoms with Gasteiger partial charge in [-0.05, 0) is 13.8 Å². The van der Waals surface area contributed by atoms with Gasteiger partial charge < -0.3 is 4.74 Å². The molecule has 0 saturated heterocycles. The van der Waals surface area contributed by atoms with Gasteiger partial charge in [-0.15, -0.1) is 0 Å². The molecule has 1 rings (SSSR count). The number of allylic oxidation sites excluding steroid dienone is 2.